The quantitative estimate of drug-likeness (QED) is 0.877. The number of aromatic nitrogens is 1. The third kappa shape index (κ3) is 4.04. The molecule has 2 aromatic rings. The molecule has 1 atom stereocenters. The van der Waals surface area contributed by atoms with E-state index in [1.807, 2.05) is 30.6 Å². The first-order valence-corrected chi connectivity index (χ1v) is 7.42. The minimum absolute atomic E-state index is 0.530. The van der Waals surface area contributed by atoms with Crippen LogP contribution in [0.25, 0.3) is 0 Å². The summed E-state index contributed by atoms with van der Waals surface area (Å²) >= 11 is 1.83. The molecule has 0 amide bonds. The minimum Gasteiger partial charge on any atom is -0.373 e. The van der Waals surface area contributed by atoms with Crippen molar-refractivity contribution in [1.29, 1.82) is 0 Å². The number of thiophene rings is 1. The fraction of sp³-hybridized carbons (Fsp3) is 0.400. The summed E-state index contributed by atoms with van der Waals surface area (Å²) < 4.78 is 0. The Hall–Kier alpha value is -1.39. The van der Waals surface area contributed by atoms with E-state index in [1.165, 1.54) is 10.4 Å². The highest BCUT2D eigenvalue weighted by Gasteiger charge is 2.11. The minimum atomic E-state index is 0.530. The van der Waals surface area contributed by atoms with Gasteiger partial charge in [-0.25, -0.2) is 4.98 Å². The van der Waals surface area contributed by atoms with Gasteiger partial charge in [0.15, 0.2) is 0 Å². The Bertz CT molecular complexity index is 479. The van der Waals surface area contributed by atoms with E-state index in [4.69, 9.17) is 0 Å². The monoisotopic (exact) mass is 275 g/mol. The van der Waals surface area contributed by atoms with E-state index in [2.05, 4.69) is 52.8 Å². The number of likely N-dealkylation sites (N-methyl/N-ethyl adjacent to an activating group) is 1. The molecule has 0 aliphatic heterocycles. The molecule has 0 radical (unpaired) electrons. The van der Waals surface area contributed by atoms with Crippen molar-refractivity contribution in [3.63, 3.8) is 0 Å². The Labute approximate surface area is 119 Å². The van der Waals surface area contributed by atoms with Crippen LogP contribution in [-0.2, 0) is 13.0 Å². The van der Waals surface area contributed by atoms with E-state index >= 15 is 0 Å². The molecule has 0 saturated carbocycles. The van der Waals surface area contributed by atoms with E-state index < -0.39 is 0 Å². The summed E-state index contributed by atoms with van der Waals surface area (Å²) in [7, 11) is 4.06. The average Bonchev–Trinajstić information content (AvgIpc) is 2.92. The summed E-state index contributed by atoms with van der Waals surface area (Å²) in [5.74, 6) is 0.915. The lowest BCUT2D eigenvalue weighted by molar-refractivity contribution is 0.249. The van der Waals surface area contributed by atoms with Gasteiger partial charge in [-0.2, -0.15) is 0 Å². The lowest BCUT2D eigenvalue weighted by Crippen LogP contribution is -2.30. The van der Waals surface area contributed by atoms with Crippen molar-refractivity contribution in [2.75, 3.05) is 19.4 Å². The first-order valence-electron chi connectivity index (χ1n) is 6.54. The first-order chi connectivity index (χ1) is 9.19. The highest BCUT2D eigenvalue weighted by atomic mass is 32.1. The summed E-state index contributed by atoms with van der Waals surface area (Å²) in [5.41, 5.74) is 1.25. The maximum atomic E-state index is 4.35. The normalized spacial score (nSPS) is 12.6. The van der Waals surface area contributed by atoms with E-state index in [0.29, 0.717) is 6.04 Å². The summed E-state index contributed by atoms with van der Waals surface area (Å²) in [6.07, 6.45) is 3.05. The van der Waals surface area contributed by atoms with Crippen molar-refractivity contribution in [3.05, 3.63) is 46.3 Å². The first kappa shape index (κ1) is 14.0. The van der Waals surface area contributed by atoms with Crippen LogP contribution in [0.2, 0.25) is 0 Å². The SMILES string of the molecule is CNc1ccc(CN(C)C(C)Cc2cccs2)cn1. The molecule has 2 rings (SSSR count). The van der Waals surface area contributed by atoms with Gasteiger partial charge in [0, 0.05) is 30.7 Å². The largest absolute Gasteiger partial charge is 0.373 e. The van der Waals surface area contributed by atoms with Crippen LogP contribution in [-0.4, -0.2) is 30.0 Å². The Morgan fingerprint density at radius 1 is 1.37 bits per heavy atom. The number of hydrogen-bond donors (Lipinski definition) is 1. The molecule has 0 fully saturated rings. The second-order valence-corrected chi connectivity index (χ2v) is 5.88. The van der Waals surface area contributed by atoms with Crippen molar-refractivity contribution in [3.8, 4) is 0 Å². The third-order valence-corrected chi connectivity index (χ3v) is 4.24. The summed E-state index contributed by atoms with van der Waals surface area (Å²) in [4.78, 5) is 8.17. The molecule has 0 saturated heterocycles. The van der Waals surface area contributed by atoms with Crippen molar-refractivity contribution in [2.24, 2.45) is 0 Å². The topological polar surface area (TPSA) is 28.2 Å². The molecule has 19 heavy (non-hydrogen) atoms. The van der Waals surface area contributed by atoms with Gasteiger partial charge in [-0.1, -0.05) is 12.1 Å². The number of anilines is 1. The molecule has 2 heterocycles. The molecule has 0 bridgehead atoms. The van der Waals surface area contributed by atoms with Gasteiger partial charge in [0.2, 0.25) is 0 Å². The molecule has 102 valence electrons. The van der Waals surface area contributed by atoms with Gasteiger partial charge in [0.25, 0.3) is 0 Å². The zero-order chi connectivity index (χ0) is 13.7. The smallest absolute Gasteiger partial charge is 0.125 e. The van der Waals surface area contributed by atoms with Crippen LogP contribution in [0.4, 0.5) is 5.82 Å². The number of nitrogens with zero attached hydrogens (tertiary/aromatic N) is 2. The molecule has 1 N–H and O–H groups in total. The standard InChI is InChI=1S/C15H21N3S/c1-12(9-14-5-4-8-19-14)18(3)11-13-6-7-15(16-2)17-10-13/h4-8,10,12H,9,11H2,1-3H3,(H,16,17). The highest BCUT2D eigenvalue weighted by molar-refractivity contribution is 7.09. The Kier molecular flexibility index (Phi) is 4.93. The van der Waals surface area contributed by atoms with Crippen LogP contribution in [0.3, 0.4) is 0 Å². The highest BCUT2D eigenvalue weighted by Crippen LogP contribution is 2.15. The van der Waals surface area contributed by atoms with Crippen LogP contribution in [0.15, 0.2) is 35.8 Å². The van der Waals surface area contributed by atoms with Gasteiger partial charge in [0.1, 0.15) is 5.82 Å². The fourth-order valence-electron chi connectivity index (χ4n) is 1.99. The van der Waals surface area contributed by atoms with E-state index in [-0.39, 0.29) is 0 Å². The summed E-state index contributed by atoms with van der Waals surface area (Å²) in [5, 5.41) is 5.18. The molecule has 2 aromatic heterocycles. The lowest BCUT2D eigenvalue weighted by Gasteiger charge is -2.24. The zero-order valence-electron chi connectivity index (χ0n) is 11.8. The Balaban J connectivity index is 1.90. The zero-order valence-corrected chi connectivity index (χ0v) is 12.6. The number of pyridine rings is 1. The Morgan fingerprint density at radius 3 is 2.79 bits per heavy atom. The predicted octanol–water partition coefficient (Wildman–Crippen LogP) is 3.25. The molecular formula is C15H21N3S. The molecular weight excluding hydrogens is 254 g/mol. The predicted molar refractivity (Wildman–Crippen MR) is 82.7 cm³/mol. The second-order valence-electron chi connectivity index (χ2n) is 4.85. The summed E-state index contributed by atoms with van der Waals surface area (Å²) in [6, 6.07) is 9.01. The Morgan fingerprint density at radius 2 is 2.21 bits per heavy atom. The second kappa shape index (κ2) is 6.68. The van der Waals surface area contributed by atoms with E-state index in [9.17, 15) is 0 Å². The molecule has 0 aromatic carbocycles. The molecule has 4 heteroatoms. The maximum absolute atomic E-state index is 4.35. The van der Waals surface area contributed by atoms with Gasteiger partial charge in [-0.05, 0) is 43.5 Å². The number of hydrogen-bond acceptors (Lipinski definition) is 4. The van der Waals surface area contributed by atoms with Crippen LogP contribution in [0.1, 0.15) is 17.4 Å². The van der Waals surface area contributed by atoms with Gasteiger partial charge < -0.3 is 5.32 Å². The number of nitrogens with one attached hydrogen (secondary N) is 1. The fourth-order valence-corrected chi connectivity index (χ4v) is 2.81. The van der Waals surface area contributed by atoms with Crippen molar-refractivity contribution >= 4 is 17.2 Å². The maximum Gasteiger partial charge on any atom is 0.125 e. The lowest BCUT2D eigenvalue weighted by atomic mass is 10.1. The molecule has 3 nitrogen and oxygen atoms in total. The van der Waals surface area contributed by atoms with E-state index in [1.54, 1.807) is 0 Å². The number of rotatable bonds is 6. The van der Waals surface area contributed by atoms with Crippen molar-refractivity contribution in [1.82, 2.24) is 9.88 Å². The molecule has 0 aliphatic rings. The van der Waals surface area contributed by atoms with Crippen LogP contribution >= 0.6 is 11.3 Å². The molecule has 0 aliphatic carbocycles. The van der Waals surface area contributed by atoms with Crippen molar-refractivity contribution in [2.45, 2.75) is 25.9 Å². The van der Waals surface area contributed by atoms with Crippen LogP contribution < -0.4 is 5.32 Å². The van der Waals surface area contributed by atoms with Crippen LogP contribution in [0.5, 0.6) is 0 Å². The molecule has 1 unspecified atom stereocenters. The average molecular weight is 275 g/mol. The van der Waals surface area contributed by atoms with Gasteiger partial charge in [-0.15, -0.1) is 11.3 Å². The van der Waals surface area contributed by atoms with Crippen molar-refractivity contribution < 1.29 is 0 Å². The third-order valence-electron chi connectivity index (χ3n) is 3.34. The summed E-state index contributed by atoms with van der Waals surface area (Å²) in [6.45, 7) is 3.21. The van der Waals surface area contributed by atoms with Crippen LogP contribution in [0, 0.1) is 0 Å². The molecule has 0 spiro atoms. The van der Waals surface area contributed by atoms with Gasteiger partial charge >= 0.3 is 0 Å². The van der Waals surface area contributed by atoms with E-state index in [0.717, 1.165) is 18.8 Å². The van der Waals surface area contributed by atoms with Gasteiger partial charge in [0.05, 0.1) is 0 Å². The van der Waals surface area contributed by atoms with Gasteiger partial charge in [-0.3, -0.25) is 4.90 Å².